The van der Waals surface area contributed by atoms with Crippen LogP contribution in [0.2, 0.25) is 0 Å². The number of ketones is 1. The van der Waals surface area contributed by atoms with Crippen LogP contribution in [-0.2, 0) is 14.3 Å². The molecule has 0 spiro atoms. The van der Waals surface area contributed by atoms with Gasteiger partial charge in [0.1, 0.15) is 5.60 Å². The van der Waals surface area contributed by atoms with Gasteiger partial charge in [0.15, 0.2) is 0 Å². The molecule has 0 rings (SSSR count). The van der Waals surface area contributed by atoms with Gasteiger partial charge >= 0.3 is 23.6 Å². The van der Waals surface area contributed by atoms with Crippen molar-refractivity contribution in [2.75, 3.05) is 0 Å². The van der Waals surface area contributed by atoms with Gasteiger partial charge in [0.25, 0.3) is 0 Å². The third-order valence-electron chi connectivity index (χ3n) is 1.16. The second-order valence-electron chi connectivity index (χ2n) is 3.78. The first-order valence-corrected chi connectivity index (χ1v) is 4.06. The molecule has 0 N–H and O–H groups in total. The molecule has 0 bridgehead atoms. The van der Waals surface area contributed by atoms with Gasteiger partial charge in [-0.15, -0.1) is 0 Å². The Hall–Kier alpha value is -1.69. The van der Waals surface area contributed by atoms with Gasteiger partial charge in [-0.25, -0.2) is 4.79 Å². The van der Waals surface area contributed by atoms with Gasteiger partial charge in [-0.2, -0.15) is 18.0 Å². The summed E-state index contributed by atoms with van der Waals surface area (Å²) in [6.07, 6.45) is -5.29. The molecule has 0 saturated heterocycles. The molecule has 0 aromatic rings. The first kappa shape index (κ1) is 14.3. The fraction of sp³-hybridized carbons (Fsp3) is 0.625. The molecule has 0 radical (unpaired) electrons. The van der Waals surface area contributed by atoms with Crippen molar-refractivity contribution < 1.29 is 32.3 Å². The van der Waals surface area contributed by atoms with Crippen LogP contribution in [0.1, 0.15) is 20.8 Å². The van der Waals surface area contributed by atoms with Crippen LogP contribution >= 0.6 is 0 Å². The molecule has 0 aliphatic heterocycles. The zero-order chi connectivity index (χ0) is 13.1. The summed E-state index contributed by atoms with van der Waals surface area (Å²) in [5.41, 5.74) is 5.40. The summed E-state index contributed by atoms with van der Waals surface area (Å²) in [6, 6.07) is 0. The van der Waals surface area contributed by atoms with Crippen molar-refractivity contribution in [1.82, 2.24) is 0 Å². The highest BCUT2D eigenvalue weighted by atomic mass is 19.4. The number of esters is 1. The van der Waals surface area contributed by atoms with Crippen molar-refractivity contribution in [3.05, 3.63) is 5.53 Å². The number of hydrogen-bond donors (Lipinski definition) is 0. The predicted octanol–water partition coefficient (Wildman–Crippen LogP) is 1.13. The highest BCUT2D eigenvalue weighted by molar-refractivity contribution is 6.63. The Morgan fingerprint density at radius 1 is 1.19 bits per heavy atom. The number of nitrogens with zero attached hydrogens (tertiary/aromatic N) is 2. The second kappa shape index (κ2) is 4.44. The molecule has 0 amide bonds. The number of hydrogen-bond acceptors (Lipinski definition) is 3. The van der Waals surface area contributed by atoms with Gasteiger partial charge in [0.05, 0.1) is 0 Å². The minimum absolute atomic E-state index is 1.10. The van der Waals surface area contributed by atoms with Crippen LogP contribution in [0.25, 0.3) is 5.53 Å². The number of halogens is 3. The molecule has 0 aliphatic carbocycles. The summed E-state index contributed by atoms with van der Waals surface area (Å²) in [7, 11) is 0. The van der Waals surface area contributed by atoms with Crippen molar-refractivity contribution in [1.29, 1.82) is 0 Å². The molecule has 0 aromatic carbocycles. The summed E-state index contributed by atoms with van der Waals surface area (Å²) in [6.45, 7) is 4.16. The molecule has 5 nitrogen and oxygen atoms in total. The van der Waals surface area contributed by atoms with Gasteiger partial charge in [-0.05, 0) is 20.8 Å². The predicted molar refractivity (Wildman–Crippen MR) is 45.5 cm³/mol. The minimum atomic E-state index is -5.29. The highest BCUT2D eigenvalue weighted by Crippen LogP contribution is 2.17. The van der Waals surface area contributed by atoms with Crippen molar-refractivity contribution in [3.63, 3.8) is 0 Å². The van der Waals surface area contributed by atoms with Gasteiger partial charge in [-0.3, -0.25) is 4.79 Å². The van der Waals surface area contributed by atoms with Crippen LogP contribution in [0.3, 0.4) is 0 Å². The van der Waals surface area contributed by atoms with E-state index in [-0.39, 0.29) is 0 Å². The number of alkyl halides is 3. The van der Waals surface area contributed by atoms with Crippen LogP contribution < -0.4 is 0 Å². The first-order valence-electron chi connectivity index (χ1n) is 4.06. The Labute approximate surface area is 88.8 Å². The Bertz CT molecular complexity index is 362. The summed E-state index contributed by atoms with van der Waals surface area (Å²) in [5.74, 6) is -4.18. The standard InChI is InChI=1S/C8H9F3N2O3/c1-7(2,3)16-6(15)4(13-12)5(14)8(9,10)11/h1-3H3. The minimum Gasteiger partial charge on any atom is -0.451 e. The highest BCUT2D eigenvalue weighted by Gasteiger charge is 2.51. The maximum Gasteiger partial charge on any atom is 0.462 e. The first-order chi connectivity index (χ1) is 6.99. The Kier molecular flexibility index (Phi) is 3.97. The Morgan fingerprint density at radius 3 is 1.88 bits per heavy atom. The van der Waals surface area contributed by atoms with Gasteiger partial charge < -0.3 is 10.3 Å². The van der Waals surface area contributed by atoms with Crippen LogP contribution in [-0.4, -0.2) is 34.0 Å². The maximum absolute atomic E-state index is 11.9. The molecule has 90 valence electrons. The van der Waals surface area contributed by atoms with Crippen LogP contribution in [0.4, 0.5) is 13.2 Å². The zero-order valence-electron chi connectivity index (χ0n) is 8.75. The van der Waals surface area contributed by atoms with E-state index < -0.39 is 29.2 Å². The van der Waals surface area contributed by atoms with E-state index in [2.05, 4.69) is 4.74 Å². The van der Waals surface area contributed by atoms with Crippen LogP contribution in [0.15, 0.2) is 0 Å². The smallest absolute Gasteiger partial charge is 0.451 e. The summed E-state index contributed by atoms with van der Waals surface area (Å²) in [5, 5.41) is 0. The molecule has 8 heteroatoms. The fourth-order valence-corrected chi connectivity index (χ4v) is 0.640. The molecule has 16 heavy (non-hydrogen) atoms. The third-order valence-corrected chi connectivity index (χ3v) is 1.16. The average Bonchev–Trinajstić information content (AvgIpc) is 1.99. The Balaban J connectivity index is 5.01. The third kappa shape index (κ3) is 4.22. The van der Waals surface area contributed by atoms with Gasteiger partial charge in [0.2, 0.25) is 0 Å². The Morgan fingerprint density at radius 2 is 1.62 bits per heavy atom. The van der Waals surface area contributed by atoms with Gasteiger partial charge in [-0.1, -0.05) is 0 Å². The van der Waals surface area contributed by atoms with E-state index in [0.717, 1.165) is 0 Å². The van der Waals surface area contributed by atoms with Crippen molar-refractivity contribution in [3.8, 4) is 0 Å². The lowest BCUT2D eigenvalue weighted by Crippen LogP contribution is -2.40. The van der Waals surface area contributed by atoms with Crippen molar-refractivity contribution >= 4 is 17.5 Å². The SMILES string of the molecule is CC(C)(C)OC(=O)C(=[N+]=[N-])C(=O)C(F)(F)F. The van der Waals surface area contributed by atoms with Gasteiger partial charge in [0, 0.05) is 0 Å². The number of Topliss-reactive ketones (excluding diaryl/α,β-unsaturated/α-hetero) is 1. The van der Waals surface area contributed by atoms with E-state index >= 15 is 0 Å². The lowest BCUT2D eigenvalue weighted by molar-refractivity contribution is -0.171. The topological polar surface area (TPSA) is 79.8 Å². The normalized spacial score (nSPS) is 11.6. The fourth-order valence-electron chi connectivity index (χ4n) is 0.640. The van der Waals surface area contributed by atoms with E-state index in [0.29, 0.717) is 0 Å². The molecule has 0 heterocycles. The molecule has 0 aliphatic rings. The summed E-state index contributed by atoms with van der Waals surface area (Å²) >= 11 is 0. The second-order valence-corrected chi connectivity index (χ2v) is 3.78. The zero-order valence-corrected chi connectivity index (χ0v) is 8.75. The number of carbonyl (C=O) groups is 2. The largest absolute Gasteiger partial charge is 0.462 e. The lowest BCUT2D eigenvalue weighted by atomic mass is 10.2. The quantitative estimate of drug-likeness (QED) is 0.238. The van der Waals surface area contributed by atoms with Crippen molar-refractivity contribution in [2.45, 2.75) is 32.5 Å². The van der Waals surface area contributed by atoms with Crippen LogP contribution in [0, 0.1) is 0 Å². The van der Waals surface area contributed by atoms with E-state index in [4.69, 9.17) is 5.53 Å². The monoisotopic (exact) mass is 238 g/mol. The summed E-state index contributed by atoms with van der Waals surface area (Å²) < 4.78 is 40.2. The van der Waals surface area contributed by atoms with E-state index in [1.807, 2.05) is 4.79 Å². The molecular formula is C8H9F3N2O3. The van der Waals surface area contributed by atoms with Crippen LogP contribution in [0.5, 0.6) is 0 Å². The number of rotatable bonds is 2. The number of ether oxygens (including phenoxy) is 1. The molecule has 0 unspecified atom stereocenters. The number of carbonyl (C=O) groups excluding carboxylic acids is 2. The molecule has 0 fully saturated rings. The molecular weight excluding hydrogens is 229 g/mol. The maximum atomic E-state index is 11.9. The average molecular weight is 238 g/mol. The van der Waals surface area contributed by atoms with E-state index in [9.17, 15) is 22.8 Å². The lowest BCUT2D eigenvalue weighted by Gasteiger charge is -2.17. The molecule has 0 atom stereocenters. The summed E-state index contributed by atoms with van der Waals surface area (Å²) in [4.78, 5) is 23.7. The molecule has 0 saturated carbocycles. The van der Waals surface area contributed by atoms with Crippen molar-refractivity contribution in [2.24, 2.45) is 0 Å². The molecule has 0 aromatic heterocycles. The van der Waals surface area contributed by atoms with E-state index in [1.165, 1.54) is 20.8 Å². The van der Waals surface area contributed by atoms with E-state index in [1.54, 1.807) is 0 Å².